The molecule has 7 nitrogen and oxygen atoms in total. The molecule has 0 spiro atoms. The first-order valence-corrected chi connectivity index (χ1v) is 10.5. The highest BCUT2D eigenvalue weighted by atomic mass is 127. The fraction of sp³-hybridized carbons (Fsp3) is 0.238. The molecule has 3 aromatic rings. The molecule has 1 N–H and O–H groups in total. The van der Waals surface area contributed by atoms with Gasteiger partial charge in [0.25, 0.3) is 5.91 Å². The van der Waals surface area contributed by atoms with E-state index in [0.717, 1.165) is 33.9 Å². The molecule has 0 radical (unpaired) electrons. The highest BCUT2D eigenvalue weighted by Crippen LogP contribution is 2.21. The number of carbonyl (C=O) groups is 1. The summed E-state index contributed by atoms with van der Waals surface area (Å²) in [4.78, 5) is 30.3. The van der Waals surface area contributed by atoms with Crippen molar-refractivity contribution in [3.8, 4) is 0 Å². The Bertz CT molecular complexity index is 1010. The highest BCUT2D eigenvalue weighted by molar-refractivity contribution is 14.1. The maximum Gasteiger partial charge on any atom is 0.255 e. The van der Waals surface area contributed by atoms with Crippen molar-refractivity contribution >= 4 is 46.0 Å². The van der Waals surface area contributed by atoms with Crippen LogP contribution in [-0.4, -0.2) is 51.9 Å². The second-order valence-electron chi connectivity index (χ2n) is 6.76. The Morgan fingerprint density at radius 2 is 1.76 bits per heavy atom. The van der Waals surface area contributed by atoms with Crippen molar-refractivity contribution < 1.29 is 4.79 Å². The number of benzene rings is 1. The third-order valence-corrected chi connectivity index (χ3v) is 5.68. The number of aryl methyl sites for hydroxylation is 1. The van der Waals surface area contributed by atoms with E-state index in [0.29, 0.717) is 24.7 Å². The van der Waals surface area contributed by atoms with Crippen LogP contribution < -0.4 is 10.2 Å². The lowest BCUT2D eigenvalue weighted by Crippen LogP contribution is -2.49. The van der Waals surface area contributed by atoms with Crippen LogP contribution in [0.2, 0.25) is 0 Å². The van der Waals surface area contributed by atoms with Crippen LogP contribution in [0.25, 0.3) is 0 Å². The standard InChI is InChI=1S/C21H21IN6O/c1-15-24-19(26-18-8-4-5-9-23-18)14-20(25-15)27-10-12-28(13-11-27)21(29)16-6-2-3-7-17(16)22/h2-9,14H,10-13H2,1H3,(H,23,24,25,26). The molecule has 29 heavy (non-hydrogen) atoms. The predicted molar refractivity (Wildman–Crippen MR) is 122 cm³/mol. The quantitative estimate of drug-likeness (QED) is 0.553. The molecule has 1 aromatic carbocycles. The van der Waals surface area contributed by atoms with Crippen LogP contribution in [0.5, 0.6) is 0 Å². The van der Waals surface area contributed by atoms with Gasteiger partial charge in [0.1, 0.15) is 23.3 Å². The SMILES string of the molecule is Cc1nc(Nc2ccccn2)cc(N2CCN(C(=O)c3ccccc3I)CC2)n1. The van der Waals surface area contributed by atoms with Crippen LogP contribution in [-0.2, 0) is 0 Å². The number of anilines is 3. The van der Waals surface area contributed by atoms with Gasteiger partial charge < -0.3 is 15.1 Å². The molecule has 0 aliphatic carbocycles. The number of piperazine rings is 1. The van der Waals surface area contributed by atoms with Crippen LogP contribution in [0.4, 0.5) is 17.5 Å². The number of aromatic nitrogens is 3. The molecule has 1 aliphatic rings. The molecular weight excluding hydrogens is 479 g/mol. The first kappa shape index (κ1) is 19.6. The van der Waals surface area contributed by atoms with E-state index in [1.165, 1.54) is 0 Å². The molecule has 1 fully saturated rings. The van der Waals surface area contributed by atoms with Gasteiger partial charge >= 0.3 is 0 Å². The zero-order valence-electron chi connectivity index (χ0n) is 16.0. The normalized spacial score (nSPS) is 14.0. The lowest BCUT2D eigenvalue weighted by Gasteiger charge is -2.35. The number of hydrogen-bond acceptors (Lipinski definition) is 6. The van der Waals surface area contributed by atoms with Gasteiger partial charge in [-0.3, -0.25) is 4.79 Å². The van der Waals surface area contributed by atoms with Crippen molar-refractivity contribution in [2.75, 3.05) is 36.4 Å². The molecule has 2 aromatic heterocycles. The minimum Gasteiger partial charge on any atom is -0.353 e. The summed E-state index contributed by atoms with van der Waals surface area (Å²) in [6.45, 7) is 4.67. The second-order valence-corrected chi connectivity index (χ2v) is 7.92. The van der Waals surface area contributed by atoms with E-state index in [4.69, 9.17) is 0 Å². The molecule has 148 valence electrons. The summed E-state index contributed by atoms with van der Waals surface area (Å²) < 4.78 is 0.981. The summed E-state index contributed by atoms with van der Waals surface area (Å²) in [6.07, 6.45) is 1.74. The van der Waals surface area contributed by atoms with Crippen LogP contribution in [0.1, 0.15) is 16.2 Å². The number of nitrogens with zero attached hydrogens (tertiary/aromatic N) is 5. The van der Waals surface area contributed by atoms with Gasteiger partial charge in [0.15, 0.2) is 0 Å². The van der Waals surface area contributed by atoms with Gasteiger partial charge in [-0.25, -0.2) is 15.0 Å². The lowest BCUT2D eigenvalue weighted by molar-refractivity contribution is 0.0745. The number of rotatable bonds is 4. The van der Waals surface area contributed by atoms with Gasteiger partial charge in [-0.1, -0.05) is 18.2 Å². The van der Waals surface area contributed by atoms with E-state index >= 15 is 0 Å². The monoisotopic (exact) mass is 500 g/mol. The van der Waals surface area contributed by atoms with Crippen molar-refractivity contribution in [1.82, 2.24) is 19.9 Å². The summed E-state index contributed by atoms with van der Waals surface area (Å²) in [7, 11) is 0. The molecular formula is C21H21IN6O. The largest absolute Gasteiger partial charge is 0.353 e. The molecule has 3 heterocycles. The number of pyridine rings is 1. The van der Waals surface area contributed by atoms with E-state index in [1.54, 1.807) is 6.20 Å². The van der Waals surface area contributed by atoms with Gasteiger partial charge in [0, 0.05) is 42.0 Å². The van der Waals surface area contributed by atoms with Gasteiger partial charge in [0.2, 0.25) is 0 Å². The summed E-state index contributed by atoms with van der Waals surface area (Å²) >= 11 is 2.21. The van der Waals surface area contributed by atoms with Crippen molar-refractivity contribution in [3.05, 3.63) is 69.7 Å². The third-order valence-electron chi connectivity index (χ3n) is 4.74. The van der Waals surface area contributed by atoms with E-state index in [9.17, 15) is 4.79 Å². The fourth-order valence-corrected chi connectivity index (χ4v) is 3.91. The third kappa shape index (κ3) is 4.64. The van der Waals surface area contributed by atoms with E-state index in [-0.39, 0.29) is 5.91 Å². The van der Waals surface area contributed by atoms with Crippen molar-refractivity contribution in [2.45, 2.75) is 6.92 Å². The van der Waals surface area contributed by atoms with Crippen LogP contribution >= 0.6 is 22.6 Å². The van der Waals surface area contributed by atoms with Crippen LogP contribution in [0.15, 0.2) is 54.7 Å². The van der Waals surface area contributed by atoms with Crippen molar-refractivity contribution in [2.24, 2.45) is 0 Å². The Balaban J connectivity index is 1.44. The van der Waals surface area contributed by atoms with E-state index < -0.39 is 0 Å². The van der Waals surface area contributed by atoms with Crippen molar-refractivity contribution in [1.29, 1.82) is 0 Å². The number of carbonyl (C=O) groups excluding carboxylic acids is 1. The van der Waals surface area contributed by atoms with Crippen molar-refractivity contribution in [3.63, 3.8) is 0 Å². The molecule has 8 heteroatoms. The molecule has 0 bridgehead atoms. The number of hydrogen-bond donors (Lipinski definition) is 1. The summed E-state index contributed by atoms with van der Waals surface area (Å²) in [5.41, 5.74) is 0.765. The smallest absolute Gasteiger partial charge is 0.255 e. The molecule has 1 amide bonds. The zero-order valence-corrected chi connectivity index (χ0v) is 18.2. The Kier molecular flexibility index (Phi) is 5.89. The molecule has 1 saturated heterocycles. The van der Waals surface area contributed by atoms with Gasteiger partial charge in [-0.05, 0) is 53.8 Å². The summed E-state index contributed by atoms with van der Waals surface area (Å²) in [5, 5.41) is 3.22. The summed E-state index contributed by atoms with van der Waals surface area (Å²) in [5.74, 6) is 3.09. The zero-order chi connectivity index (χ0) is 20.2. The van der Waals surface area contributed by atoms with Gasteiger partial charge in [0.05, 0.1) is 5.56 Å². The molecule has 4 rings (SSSR count). The van der Waals surface area contributed by atoms with E-state index in [2.05, 4.69) is 47.8 Å². The Morgan fingerprint density at radius 3 is 2.48 bits per heavy atom. The number of halogens is 1. The van der Waals surface area contributed by atoms with Gasteiger partial charge in [-0.15, -0.1) is 0 Å². The first-order chi connectivity index (χ1) is 14.1. The van der Waals surface area contributed by atoms with Crippen LogP contribution in [0.3, 0.4) is 0 Å². The van der Waals surface area contributed by atoms with Gasteiger partial charge in [-0.2, -0.15) is 0 Å². The Hall–Kier alpha value is -2.75. The lowest BCUT2D eigenvalue weighted by atomic mass is 10.2. The molecule has 1 aliphatic heterocycles. The average Bonchev–Trinajstić information content (AvgIpc) is 2.74. The number of nitrogens with one attached hydrogen (secondary N) is 1. The highest BCUT2D eigenvalue weighted by Gasteiger charge is 2.24. The van der Waals surface area contributed by atoms with E-state index in [1.807, 2.05) is 60.4 Å². The predicted octanol–water partition coefficient (Wildman–Crippen LogP) is 3.49. The minimum atomic E-state index is 0.0889. The Labute approximate surface area is 183 Å². The number of amides is 1. The molecule has 0 atom stereocenters. The average molecular weight is 500 g/mol. The first-order valence-electron chi connectivity index (χ1n) is 9.42. The fourth-order valence-electron chi connectivity index (χ4n) is 3.29. The molecule has 0 unspecified atom stereocenters. The summed E-state index contributed by atoms with van der Waals surface area (Å²) in [6, 6.07) is 15.3. The second kappa shape index (κ2) is 8.73. The minimum absolute atomic E-state index is 0.0889. The topological polar surface area (TPSA) is 74.2 Å². The molecule has 0 saturated carbocycles. The Morgan fingerprint density at radius 1 is 1.00 bits per heavy atom. The van der Waals surface area contributed by atoms with Crippen LogP contribution in [0, 0.1) is 10.5 Å². The maximum atomic E-state index is 12.8. The maximum absolute atomic E-state index is 12.8.